The fourth-order valence-corrected chi connectivity index (χ4v) is 2.82. The molecule has 0 radical (unpaired) electrons. The first-order chi connectivity index (χ1) is 11.1. The van der Waals surface area contributed by atoms with E-state index >= 15 is 0 Å². The summed E-state index contributed by atoms with van der Waals surface area (Å²) in [6.45, 7) is 4.09. The van der Waals surface area contributed by atoms with E-state index in [1.807, 2.05) is 6.92 Å². The topological polar surface area (TPSA) is 117 Å². The predicted molar refractivity (Wildman–Crippen MR) is 83.1 cm³/mol. The van der Waals surface area contributed by atoms with Crippen molar-refractivity contribution >= 4 is 0 Å². The van der Waals surface area contributed by atoms with Crippen LogP contribution < -0.4 is 20.8 Å². The summed E-state index contributed by atoms with van der Waals surface area (Å²) in [7, 11) is 0. The Morgan fingerprint density at radius 1 is 1.43 bits per heavy atom. The van der Waals surface area contributed by atoms with Crippen LogP contribution in [0.1, 0.15) is 29.7 Å². The summed E-state index contributed by atoms with van der Waals surface area (Å²) in [5, 5.41) is 14.8. The largest absolute Gasteiger partial charge is 0.490 e. The highest BCUT2D eigenvalue weighted by molar-refractivity contribution is 5.60. The van der Waals surface area contributed by atoms with Crippen LogP contribution >= 0.6 is 0 Å². The fourth-order valence-electron chi connectivity index (χ4n) is 2.82. The van der Waals surface area contributed by atoms with E-state index in [1.165, 1.54) is 0 Å². The van der Waals surface area contributed by atoms with E-state index in [9.17, 15) is 10.1 Å². The zero-order valence-corrected chi connectivity index (χ0v) is 12.8. The van der Waals surface area contributed by atoms with Crippen molar-refractivity contribution in [1.82, 2.24) is 10.2 Å². The van der Waals surface area contributed by atoms with E-state index in [-0.39, 0.29) is 17.0 Å². The molecule has 1 aromatic heterocycles. The minimum atomic E-state index is -0.598. The fraction of sp³-hybridized carbons (Fsp3) is 0.250. The van der Waals surface area contributed by atoms with E-state index < -0.39 is 5.92 Å². The molecule has 1 aromatic carbocycles. The molecule has 118 valence electrons. The van der Waals surface area contributed by atoms with Crippen LogP contribution in [0.25, 0.3) is 0 Å². The lowest BCUT2D eigenvalue weighted by atomic mass is 9.83. The SMILES string of the molecule is CCOc1cccc2c1OC(N)=C(C#N)C2c1c(C)[nH][nH]c1=O. The highest BCUT2D eigenvalue weighted by atomic mass is 16.5. The first kappa shape index (κ1) is 14.8. The molecule has 4 N–H and O–H groups in total. The van der Waals surface area contributed by atoms with Crippen molar-refractivity contribution in [3.8, 4) is 17.6 Å². The van der Waals surface area contributed by atoms with E-state index in [0.717, 1.165) is 0 Å². The normalized spacial score (nSPS) is 16.5. The second-order valence-electron chi connectivity index (χ2n) is 5.15. The number of aromatic amines is 2. The number of nitrogens with two attached hydrogens (primary N) is 1. The van der Waals surface area contributed by atoms with E-state index in [2.05, 4.69) is 16.3 Å². The van der Waals surface area contributed by atoms with Gasteiger partial charge in [-0.25, -0.2) is 0 Å². The number of para-hydroxylation sites is 1. The summed E-state index contributed by atoms with van der Waals surface area (Å²) >= 11 is 0. The Morgan fingerprint density at radius 3 is 2.83 bits per heavy atom. The summed E-state index contributed by atoms with van der Waals surface area (Å²) < 4.78 is 11.2. The molecule has 0 bridgehead atoms. The third-order valence-electron chi connectivity index (χ3n) is 3.81. The van der Waals surface area contributed by atoms with Crippen LogP contribution in [-0.4, -0.2) is 16.8 Å². The lowest BCUT2D eigenvalue weighted by Crippen LogP contribution is -2.24. The summed E-state index contributed by atoms with van der Waals surface area (Å²) in [5.41, 5.74) is 7.61. The van der Waals surface area contributed by atoms with Gasteiger partial charge in [-0.3, -0.25) is 9.89 Å². The number of allylic oxidation sites excluding steroid dienone is 1. The van der Waals surface area contributed by atoms with E-state index in [4.69, 9.17) is 15.2 Å². The Labute approximate surface area is 132 Å². The maximum Gasteiger partial charge on any atom is 0.268 e. The third kappa shape index (κ3) is 2.25. The number of hydrogen-bond donors (Lipinski definition) is 3. The molecule has 0 fully saturated rings. The molecule has 1 atom stereocenters. The van der Waals surface area contributed by atoms with Crippen LogP contribution in [-0.2, 0) is 0 Å². The number of hydrogen-bond acceptors (Lipinski definition) is 5. The van der Waals surface area contributed by atoms with Gasteiger partial charge in [0.05, 0.1) is 18.1 Å². The lowest BCUT2D eigenvalue weighted by molar-refractivity contribution is 0.306. The molecule has 2 heterocycles. The van der Waals surface area contributed by atoms with E-state index in [0.29, 0.717) is 34.9 Å². The molecule has 7 nitrogen and oxygen atoms in total. The molecule has 23 heavy (non-hydrogen) atoms. The molecule has 1 unspecified atom stereocenters. The van der Waals surface area contributed by atoms with Crippen molar-refractivity contribution in [1.29, 1.82) is 5.26 Å². The average molecular weight is 312 g/mol. The lowest BCUT2D eigenvalue weighted by Gasteiger charge is -2.26. The molecule has 0 saturated heterocycles. The van der Waals surface area contributed by atoms with Crippen molar-refractivity contribution in [3.63, 3.8) is 0 Å². The van der Waals surface area contributed by atoms with Gasteiger partial charge < -0.3 is 20.3 Å². The van der Waals surface area contributed by atoms with Gasteiger partial charge >= 0.3 is 0 Å². The highest BCUT2D eigenvalue weighted by Gasteiger charge is 2.35. The number of ether oxygens (including phenoxy) is 2. The van der Waals surface area contributed by atoms with Gasteiger partial charge in [0.15, 0.2) is 11.5 Å². The minimum absolute atomic E-state index is 0.0165. The Balaban J connectivity index is 2.29. The number of rotatable bonds is 3. The smallest absolute Gasteiger partial charge is 0.268 e. The van der Waals surface area contributed by atoms with Crippen LogP contribution in [0.2, 0.25) is 0 Å². The van der Waals surface area contributed by atoms with Crippen molar-refractivity contribution < 1.29 is 9.47 Å². The molecule has 7 heteroatoms. The van der Waals surface area contributed by atoms with Crippen molar-refractivity contribution in [3.05, 3.63) is 56.8 Å². The van der Waals surface area contributed by atoms with Gasteiger partial charge in [0.25, 0.3) is 5.56 Å². The maximum absolute atomic E-state index is 12.2. The zero-order chi connectivity index (χ0) is 16.6. The van der Waals surface area contributed by atoms with Crippen molar-refractivity contribution in [2.24, 2.45) is 5.73 Å². The summed E-state index contributed by atoms with van der Waals surface area (Å²) in [4.78, 5) is 12.2. The van der Waals surface area contributed by atoms with Gasteiger partial charge in [-0.1, -0.05) is 12.1 Å². The van der Waals surface area contributed by atoms with Crippen LogP contribution in [0.4, 0.5) is 0 Å². The standard InChI is InChI=1S/C16H16N4O3/c1-3-22-11-6-4-5-9-13(12-8(2)19-20-16(12)21)10(7-17)15(18)23-14(9)11/h4-6,13H,3,18H2,1-2H3,(H2,19,20,21). The number of nitrogens with zero attached hydrogens (tertiary/aromatic N) is 1. The van der Waals surface area contributed by atoms with Gasteiger partial charge in [0.1, 0.15) is 11.6 Å². The summed E-state index contributed by atoms with van der Waals surface area (Å²) in [6.07, 6.45) is 0. The molecular formula is C16H16N4O3. The van der Waals surface area contributed by atoms with Crippen molar-refractivity contribution in [2.45, 2.75) is 19.8 Å². The minimum Gasteiger partial charge on any atom is -0.490 e. The van der Waals surface area contributed by atoms with Gasteiger partial charge in [-0.2, -0.15) is 5.26 Å². The third-order valence-corrected chi connectivity index (χ3v) is 3.81. The molecule has 1 aliphatic rings. The van der Waals surface area contributed by atoms with E-state index in [1.54, 1.807) is 25.1 Å². The molecule has 0 amide bonds. The first-order valence-corrected chi connectivity index (χ1v) is 7.18. The Hall–Kier alpha value is -3.14. The summed E-state index contributed by atoms with van der Waals surface area (Å²) in [5.74, 6) is 0.353. The van der Waals surface area contributed by atoms with Crippen LogP contribution in [0.3, 0.4) is 0 Å². The first-order valence-electron chi connectivity index (χ1n) is 7.18. The molecular weight excluding hydrogens is 296 g/mol. The van der Waals surface area contributed by atoms with Crippen LogP contribution in [0.5, 0.6) is 11.5 Å². The van der Waals surface area contributed by atoms with Crippen LogP contribution in [0, 0.1) is 18.3 Å². The summed E-state index contributed by atoms with van der Waals surface area (Å²) in [6, 6.07) is 7.43. The number of aryl methyl sites for hydroxylation is 1. The Morgan fingerprint density at radius 2 is 2.22 bits per heavy atom. The second-order valence-corrected chi connectivity index (χ2v) is 5.15. The van der Waals surface area contributed by atoms with Crippen LogP contribution in [0.15, 0.2) is 34.4 Å². The zero-order valence-electron chi connectivity index (χ0n) is 12.8. The number of H-pyrrole nitrogens is 2. The molecule has 0 spiro atoms. The van der Waals surface area contributed by atoms with Gasteiger partial charge in [-0.05, 0) is 19.9 Å². The van der Waals surface area contributed by atoms with Gasteiger partial charge in [0.2, 0.25) is 5.88 Å². The van der Waals surface area contributed by atoms with Crippen molar-refractivity contribution in [2.75, 3.05) is 6.61 Å². The molecule has 2 aromatic rings. The quantitative estimate of drug-likeness (QED) is 0.796. The monoisotopic (exact) mass is 312 g/mol. The number of nitrogens with one attached hydrogen (secondary N) is 2. The molecule has 0 saturated carbocycles. The Kier molecular flexibility index (Phi) is 3.58. The maximum atomic E-state index is 12.2. The average Bonchev–Trinajstić information content (AvgIpc) is 2.86. The second kappa shape index (κ2) is 5.57. The molecule has 3 rings (SSSR count). The highest BCUT2D eigenvalue weighted by Crippen LogP contribution is 2.45. The number of fused-ring (bicyclic) bond motifs is 1. The number of benzene rings is 1. The molecule has 0 aliphatic carbocycles. The van der Waals surface area contributed by atoms with Gasteiger partial charge in [0, 0.05) is 11.3 Å². The number of nitriles is 1. The van der Waals surface area contributed by atoms with Gasteiger partial charge in [-0.15, -0.1) is 0 Å². The number of aromatic nitrogens is 2. The predicted octanol–water partition coefficient (Wildman–Crippen LogP) is 1.63. The molecule has 1 aliphatic heterocycles. The Bertz CT molecular complexity index is 885.